The van der Waals surface area contributed by atoms with E-state index in [2.05, 4.69) is 25.8 Å². The van der Waals surface area contributed by atoms with Crippen LogP contribution in [0.2, 0.25) is 0 Å². The van der Waals surface area contributed by atoms with Crippen LogP contribution in [0.15, 0.2) is 12.3 Å². The van der Waals surface area contributed by atoms with E-state index in [1.54, 1.807) is 13.0 Å². The maximum Gasteiger partial charge on any atom is 0.213 e. The summed E-state index contributed by atoms with van der Waals surface area (Å²) in [6.45, 7) is 8.49. The van der Waals surface area contributed by atoms with Crippen molar-refractivity contribution in [2.75, 3.05) is 6.61 Å². The lowest BCUT2D eigenvalue weighted by Gasteiger charge is -2.18. The van der Waals surface area contributed by atoms with Crippen molar-refractivity contribution in [3.05, 3.63) is 23.6 Å². The maximum absolute atomic E-state index is 12.9. The fourth-order valence-corrected chi connectivity index (χ4v) is 0.883. The Morgan fingerprint density at radius 2 is 2.07 bits per heavy atom. The molecule has 0 spiro atoms. The van der Waals surface area contributed by atoms with Crippen molar-refractivity contribution in [2.24, 2.45) is 5.41 Å². The second kappa shape index (κ2) is 3.95. The third kappa shape index (κ3) is 3.32. The molecule has 3 heteroatoms. The minimum atomic E-state index is -0.298. The molecule has 0 aliphatic heterocycles. The monoisotopic (exact) mass is 197 g/mol. The SMILES string of the molecule is Cc1cc(OCC(C)(C)C)ncc1F. The van der Waals surface area contributed by atoms with Crippen LogP contribution in [-0.4, -0.2) is 11.6 Å². The topological polar surface area (TPSA) is 22.1 Å². The van der Waals surface area contributed by atoms with E-state index >= 15 is 0 Å². The van der Waals surface area contributed by atoms with Gasteiger partial charge in [-0.05, 0) is 17.9 Å². The van der Waals surface area contributed by atoms with Gasteiger partial charge in [0.25, 0.3) is 0 Å². The minimum absolute atomic E-state index is 0.0873. The summed E-state index contributed by atoms with van der Waals surface area (Å²) < 4.78 is 18.3. The summed E-state index contributed by atoms with van der Waals surface area (Å²) in [5.74, 6) is 0.187. The summed E-state index contributed by atoms with van der Waals surface area (Å²) in [6.07, 6.45) is 1.19. The van der Waals surface area contributed by atoms with E-state index in [1.165, 1.54) is 6.20 Å². The van der Waals surface area contributed by atoms with Crippen molar-refractivity contribution >= 4 is 0 Å². The van der Waals surface area contributed by atoms with Crippen molar-refractivity contribution < 1.29 is 9.13 Å². The maximum atomic E-state index is 12.9. The first kappa shape index (κ1) is 11.0. The minimum Gasteiger partial charge on any atom is -0.477 e. The molecule has 14 heavy (non-hydrogen) atoms. The highest BCUT2D eigenvalue weighted by molar-refractivity contribution is 5.20. The Balaban J connectivity index is 2.65. The van der Waals surface area contributed by atoms with Crippen LogP contribution in [0.4, 0.5) is 4.39 Å². The Kier molecular flexibility index (Phi) is 3.09. The molecule has 1 aromatic rings. The van der Waals surface area contributed by atoms with Gasteiger partial charge in [0.1, 0.15) is 5.82 Å². The second-order valence-corrected chi connectivity index (χ2v) is 4.62. The zero-order valence-corrected chi connectivity index (χ0v) is 9.10. The number of pyridine rings is 1. The first-order chi connectivity index (χ1) is 6.38. The van der Waals surface area contributed by atoms with Gasteiger partial charge in [0, 0.05) is 6.07 Å². The molecular weight excluding hydrogens is 181 g/mol. The number of aryl methyl sites for hydroxylation is 1. The molecule has 0 aliphatic carbocycles. The van der Waals surface area contributed by atoms with E-state index in [4.69, 9.17) is 4.74 Å². The molecule has 1 rings (SSSR count). The number of halogens is 1. The third-order valence-electron chi connectivity index (χ3n) is 1.67. The van der Waals surface area contributed by atoms with Crippen molar-refractivity contribution in [1.29, 1.82) is 0 Å². The molecule has 0 bridgehead atoms. The highest BCUT2D eigenvalue weighted by atomic mass is 19.1. The van der Waals surface area contributed by atoms with Crippen molar-refractivity contribution in [2.45, 2.75) is 27.7 Å². The molecule has 1 heterocycles. The molecule has 0 aromatic carbocycles. The van der Waals surface area contributed by atoms with E-state index in [0.717, 1.165) is 0 Å². The first-order valence-corrected chi connectivity index (χ1v) is 4.63. The van der Waals surface area contributed by atoms with E-state index < -0.39 is 0 Å². The van der Waals surface area contributed by atoms with Crippen LogP contribution < -0.4 is 4.74 Å². The van der Waals surface area contributed by atoms with Crippen LogP contribution in [-0.2, 0) is 0 Å². The summed E-state index contributed by atoms with van der Waals surface area (Å²) >= 11 is 0. The van der Waals surface area contributed by atoms with Crippen LogP contribution in [0.1, 0.15) is 26.3 Å². The lowest BCUT2D eigenvalue weighted by Crippen LogP contribution is -2.17. The Hall–Kier alpha value is -1.12. The fourth-order valence-electron chi connectivity index (χ4n) is 0.883. The lowest BCUT2D eigenvalue weighted by atomic mass is 9.99. The number of hydrogen-bond donors (Lipinski definition) is 0. The summed E-state index contributed by atoms with van der Waals surface area (Å²) in [6, 6.07) is 1.61. The van der Waals surface area contributed by atoms with Gasteiger partial charge in [-0.15, -0.1) is 0 Å². The van der Waals surface area contributed by atoms with Gasteiger partial charge in [0.05, 0.1) is 12.8 Å². The van der Waals surface area contributed by atoms with Crippen molar-refractivity contribution in [1.82, 2.24) is 4.98 Å². The van der Waals surface area contributed by atoms with E-state index in [9.17, 15) is 4.39 Å². The summed E-state index contributed by atoms with van der Waals surface area (Å²) in [5, 5.41) is 0. The molecule has 78 valence electrons. The number of rotatable bonds is 2. The van der Waals surface area contributed by atoms with Gasteiger partial charge in [0.15, 0.2) is 0 Å². The summed E-state index contributed by atoms with van der Waals surface area (Å²) in [5.41, 5.74) is 0.646. The van der Waals surface area contributed by atoms with Crippen LogP contribution in [0.3, 0.4) is 0 Å². The van der Waals surface area contributed by atoms with Gasteiger partial charge in [0.2, 0.25) is 5.88 Å². The van der Waals surface area contributed by atoms with Crippen LogP contribution in [0, 0.1) is 18.2 Å². The van der Waals surface area contributed by atoms with E-state index in [-0.39, 0.29) is 11.2 Å². The van der Waals surface area contributed by atoms with Crippen molar-refractivity contribution in [3.8, 4) is 5.88 Å². The molecule has 0 saturated heterocycles. The average Bonchev–Trinajstić information content (AvgIpc) is 2.06. The largest absolute Gasteiger partial charge is 0.477 e. The molecule has 0 N–H and O–H groups in total. The molecular formula is C11H16FNO. The Labute approximate surface area is 84.1 Å². The summed E-state index contributed by atoms with van der Waals surface area (Å²) in [4.78, 5) is 3.84. The van der Waals surface area contributed by atoms with Gasteiger partial charge in [-0.3, -0.25) is 0 Å². The second-order valence-electron chi connectivity index (χ2n) is 4.62. The van der Waals surface area contributed by atoms with Gasteiger partial charge in [-0.25, -0.2) is 9.37 Å². The zero-order valence-electron chi connectivity index (χ0n) is 9.10. The first-order valence-electron chi connectivity index (χ1n) is 4.63. The lowest BCUT2D eigenvalue weighted by molar-refractivity contribution is 0.191. The standard InChI is InChI=1S/C11H16FNO/c1-8-5-10(13-6-9(8)12)14-7-11(2,3)4/h5-6H,7H2,1-4H3. The molecule has 0 unspecified atom stereocenters. The highest BCUT2D eigenvalue weighted by Crippen LogP contribution is 2.17. The highest BCUT2D eigenvalue weighted by Gasteiger charge is 2.11. The van der Waals surface area contributed by atoms with Crippen LogP contribution in [0.25, 0.3) is 0 Å². The van der Waals surface area contributed by atoms with Crippen molar-refractivity contribution in [3.63, 3.8) is 0 Å². The molecule has 2 nitrogen and oxygen atoms in total. The quantitative estimate of drug-likeness (QED) is 0.727. The Morgan fingerprint density at radius 1 is 1.43 bits per heavy atom. The molecule has 0 saturated carbocycles. The number of ether oxygens (including phenoxy) is 1. The van der Waals surface area contributed by atoms with Crippen LogP contribution in [0.5, 0.6) is 5.88 Å². The molecule has 0 aliphatic rings. The summed E-state index contributed by atoms with van der Waals surface area (Å²) in [7, 11) is 0. The van der Waals surface area contributed by atoms with Crippen LogP contribution >= 0.6 is 0 Å². The molecule has 1 aromatic heterocycles. The fraction of sp³-hybridized carbons (Fsp3) is 0.545. The molecule has 0 radical (unpaired) electrons. The molecule has 0 fully saturated rings. The zero-order chi connectivity index (χ0) is 10.8. The number of nitrogens with zero attached hydrogens (tertiary/aromatic N) is 1. The van der Waals surface area contributed by atoms with Gasteiger partial charge in [-0.1, -0.05) is 20.8 Å². The van der Waals surface area contributed by atoms with Gasteiger partial charge < -0.3 is 4.74 Å². The van der Waals surface area contributed by atoms with E-state index in [0.29, 0.717) is 18.1 Å². The van der Waals surface area contributed by atoms with Gasteiger partial charge in [-0.2, -0.15) is 0 Å². The molecule has 0 amide bonds. The van der Waals surface area contributed by atoms with Gasteiger partial charge >= 0.3 is 0 Å². The third-order valence-corrected chi connectivity index (χ3v) is 1.67. The smallest absolute Gasteiger partial charge is 0.213 e. The Morgan fingerprint density at radius 3 is 2.57 bits per heavy atom. The predicted molar refractivity (Wildman–Crippen MR) is 53.9 cm³/mol. The number of aromatic nitrogens is 1. The van der Waals surface area contributed by atoms with E-state index in [1.807, 2.05) is 0 Å². The molecule has 0 atom stereocenters. The average molecular weight is 197 g/mol. The Bertz CT molecular complexity index is 318. The normalized spacial score (nSPS) is 11.5. The predicted octanol–water partition coefficient (Wildman–Crippen LogP) is 2.95. The number of hydrogen-bond acceptors (Lipinski definition) is 2.